The van der Waals surface area contributed by atoms with Gasteiger partial charge in [0.2, 0.25) is 0 Å². The molecule has 1 aliphatic carbocycles. The van der Waals surface area contributed by atoms with Crippen LogP contribution in [0.25, 0.3) is 0 Å². The van der Waals surface area contributed by atoms with E-state index < -0.39 is 0 Å². The van der Waals surface area contributed by atoms with Gasteiger partial charge in [0.1, 0.15) is 11.6 Å². The summed E-state index contributed by atoms with van der Waals surface area (Å²) in [4.78, 5) is 14.6. The van der Waals surface area contributed by atoms with Crippen LogP contribution in [-0.4, -0.2) is 51.2 Å². The molecular weight excluding hydrogens is 320 g/mol. The van der Waals surface area contributed by atoms with Gasteiger partial charge < -0.3 is 13.7 Å². The van der Waals surface area contributed by atoms with Crippen LogP contribution in [0.1, 0.15) is 53.8 Å². The lowest BCUT2D eigenvalue weighted by Crippen LogP contribution is -2.46. The number of carbonyl (C=O) groups excluding carboxylic acids is 1. The largest absolute Gasteiger partial charge is 0.461 e. The summed E-state index contributed by atoms with van der Waals surface area (Å²) in [6.07, 6.45) is 5.63. The Hall–Kier alpha value is -1.99. The molecule has 2 fully saturated rings. The van der Waals surface area contributed by atoms with Crippen LogP contribution in [0, 0.1) is 0 Å². The standard InChI is InChI=1S/C18H24N4O3/c1-21-17(19-20-18(21)13-4-2-5-13)11-22-7-9-24-12-14(22)10-15(23)16-6-3-8-25-16/h3,6,8,13-14H,2,4-5,7,9-12H2,1H3. The molecule has 1 saturated carbocycles. The highest BCUT2D eigenvalue weighted by molar-refractivity contribution is 5.93. The fourth-order valence-corrected chi connectivity index (χ4v) is 3.55. The van der Waals surface area contributed by atoms with E-state index in [1.807, 2.05) is 7.05 Å². The lowest BCUT2D eigenvalue weighted by Gasteiger charge is -2.34. The van der Waals surface area contributed by atoms with Gasteiger partial charge in [0, 0.05) is 32.0 Å². The molecule has 1 atom stereocenters. The van der Waals surface area contributed by atoms with Gasteiger partial charge in [-0.1, -0.05) is 6.42 Å². The van der Waals surface area contributed by atoms with Gasteiger partial charge in [0.05, 0.1) is 26.0 Å². The summed E-state index contributed by atoms with van der Waals surface area (Å²) in [6, 6.07) is 3.49. The molecule has 134 valence electrons. The molecule has 0 radical (unpaired) electrons. The summed E-state index contributed by atoms with van der Waals surface area (Å²) in [7, 11) is 2.05. The van der Waals surface area contributed by atoms with Crippen molar-refractivity contribution in [2.45, 2.75) is 44.2 Å². The van der Waals surface area contributed by atoms with Gasteiger partial charge in [-0.05, 0) is 25.0 Å². The summed E-state index contributed by atoms with van der Waals surface area (Å²) in [6.45, 7) is 2.72. The van der Waals surface area contributed by atoms with Crippen LogP contribution in [0.3, 0.4) is 0 Å². The molecule has 2 aromatic heterocycles. The van der Waals surface area contributed by atoms with E-state index in [1.54, 1.807) is 12.1 Å². The van der Waals surface area contributed by atoms with E-state index in [9.17, 15) is 4.79 Å². The number of ketones is 1. The number of aromatic nitrogens is 3. The second kappa shape index (κ2) is 7.09. The van der Waals surface area contributed by atoms with Crippen molar-refractivity contribution in [3.8, 4) is 0 Å². The van der Waals surface area contributed by atoms with E-state index >= 15 is 0 Å². The monoisotopic (exact) mass is 344 g/mol. The molecule has 2 aromatic rings. The van der Waals surface area contributed by atoms with Crippen molar-refractivity contribution in [3.05, 3.63) is 35.8 Å². The van der Waals surface area contributed by atoms with Crippen molar-refractivity contribution < 1.29 is 13.9 Å². The summed E-state index contributed by atoms with van der Waals surface area (Å²) < 4.78 is 13.0. The van der Waals surface area contributed by atoms with Gasteiger partial charge in [0.25, 0.3) is 0 Å². The summed E-state index contributed by atoms with van der Waals surface area (Å²) in [5, 5.41) is 8.81. The Morgan fingerprint density at radius 3 is 2.96 bits per heavy atom. The highest BCUT2D eigenvalue weighted by atomic mass is 16.5. The summed E-state index contributed by atoms with van der Waals surface area (Å²) in [5.74, 6) is 3.04. The normalized spacial score (nSPS) is 22.0. The van der Waals surface area contributed by atoms with Crippen molar-refractivity contribution >= 4 is 5.78 Å². The fourth-order valence-electron chi connectivity index (χ4n) is 3.55. The van der Waals surface area contributed by atoms with E-state index in [4.69, 9.17) is 9.15 Å². The van der Waals surface area contributed by atoms with Gasteiger partial charge in [-0.15, -0.1) is 10.2 Å². The molecular formula is C18H24N4O3. The smallest absolute Gasteiger partial charge is 0.199 e. The first-order valence-corrected chi connectivity index (χ1v) is 8.99. The van der Waals surface area contributed by atoms with Crippen LogP contribution in [0.4, 0.5) is 0 Å². The molecule has 4 rings (SSSR count). The quantitative estimate of drug-likeness (QED) is 0.748. The zero-order chi connectivity index (χ0) is 17.2. The first-order chi connectivity index (χ1) is 12.2. The van der Waals surface area contributed by atoms with Crippen molar-refractivity contribution in [1.29, 1.82) is 0 Å². The number of carbonyl (C=O) groups is 1. The highest BCUT2D eigenvalue weighted by Crippen LogP contribution is 2.35. The number of hydrogen-bond donors (Lipinski definition) is 0. The second-order valence-electron chi connectivity index (χ2n) is 6.97. The number of furan rings is 1. The van der Waals surface area contributed by atoms with Gasteiger partial charge >= 0.3 is 0 Å². The average Bonchev–Trinajstić information content (AvgIpc) is 3.21. The third-order valence-corrected chi connectivity index (χ3v) is 5.38. The third kappa shape index (κ3) is 3.39. The molecule has 0 amide bonds. The van der Waals surface area contributed by atoms with E-state index in [0.717, 1.165) is 18.2 Å². The molecule has 0 spiro atoms. The van der Waals surface area contributed by atoms with Crippen LogP contribution >= 0.6 is 0 Å². The zero-order valence-corrected chi connectivity index (χ0v) is 14.6. The Morgan fingerprint density at radius 1 is 1.36 bits per heavy atom. The minimum atomic E-state index is 0.0126. The molecule has 7 nitrogen and oxygen atoms in total. The van der Waals surface area contributed by atoms with Gasteiger partial charge in [-0.3, -0.25) is 9.69 Å². The minimum Gasteiger partial charge on any atom is -0.461 e. The van der Waals surface area contributed by atoms with Crippen molar-refractivity contribution in [2.75, 3.05) is 19.8 Å². The maximum absolute atomic E-state index is 12.4. The second-order valence-corrected chi connectivity index (χ2v) is 6.97. The predicted molar refractivity (Wildman–Crippen MR) is 90.3 cm³/mol. The number of Topliss-reactive ketones (excluding diaryl/α,β-unsaturated/α-hetero) is 1. The summed E-state index contributed by atoms with van der Waals surface area (Å²) in [5.41, 5.74) is 0. The van der Waals surface area contributed by atoms with E-state index in [1.165, 1.54) is 25.5 Å². The van der Waals surface area contributed by atoms with Gasteiger partial charge in [-0.25, -0.2) is 0 Å². The third-order valence-electron chi connectivity index (χ3n) is 5.38. The van der Waals surface area contributed by atoms with E-state index in [-0.39, 0.29) is 11.8 Å². The predicted octanol–water partition coefficient (Wildman–Crippen LogP) is 2.15. The molecule has 25 heavy (non-hydrogen) atoms. The maximum Gasteiger partial charge on any atom is 0.199 e. The van der Waals surface area contributed by atoms with Crippen molar-refractivity contribution in [3.63, 3.8) is 0 Å². The average molecular weight is 344 g/mol. The zero-order valence-electron chi connectivity index (χ0n) is 14.6. The van der Waals surface area contributed by atoms with Crippen LogP contribution in [0.5, 0.6) is 0 Å². The number of rotatable bonds is 6. The topological polar surface area (TPSA) is 73.4 Å². The first-order valence-electron chi connectivity index (χ1n) is 8.99. The Labute approximate surface area is 147 Å². The molecule has 2 aliphatic rings. The van der Waals surface area contributed by atoms with E-state index in [2.05, 4.69) is 19.7 Å². The number of hydrogen-bond acceptors (Lipinski definition) is 6. The van der Waals surface area contributed by atoms with Crippen LogP contribution < -0.4 is 0 Å². The fraction of sp³-hybridized carbons (Fsp3) is 0.611. The highest BCUT2D eigenvalue weighted by Gasteiger charge is 2.29. The Morgan fingerprint density at radius 2 is 2.24 bits per heavy atom. The molecule has 3 heterocycles. The maximum atomic E-state index is 12.4. The molecule has 7 heteroatoms. The SMILES string of the molecule is Cn1c(CN2CCOCC2CC(=O)c2ccco2)nnc1C1CCC1. The Kier molecular flexibility index (Phi) is 4.67. The lowest BCUT2D eigenvalue weighted by molar-refractivity contribution is -0.0143. The minimum absolute atomic E-state index is 0.0126. The van der Waals surface area contributed by atoms with E-state index in [0.29, 0.717) is 37.9 Å². The molecule has 1 aliphatic heterocycles. The lowest BCUT2D eigenvalue weighted by atomic mass is 9.85. The van der Waals surface area contributed by atoms with Gasteiger partial charge in [-0.2, -0.15) is 0 Å². The Bertz CT molecular complexity index is 721. The molecule has 0 bridgehead atoms. The number of morpholine rings is 1. The van der Waals surface area contributed by atoms with Crippen LogP contribution in [-0.2, 0) is 18.3 Å². The summed E-state index contributed by atoms with van der Waals surface area (Å²) >= 11 is 0. The first kappa shape index (κ1) is 16.5. The number of ether oxygens (including phenoxy) is 1. The molecule has 0 N–H and O–H groups in total. The van der Waals surface area contributed by atoms with Crippen molar-refractivity contribution in [1.82, 2.24) is 19.7 Å². The Balaban J connectivity index is 1.44. The van der Waals surface area contributed by atoms with Gasteiger partial charge in [0.15, 0.2) is 11.5 Å². The van der Waals surface area contributed by atoms with Crippen LogP contribution in [0.15, 0.2) is 22.8 Å². The molecule has 0 aromatic carbocycles. The van der Waals surface area contributed by atoms with Crippen LogP contribution in [0.2, 0.25) is 0 Å². The molecule has 1 saturated heterocycles. The van der Waals surface area contributed by atoms with Crippen molar-refractivity contribution in [2.24, 2.45) is 7.05 Å². The number of nitrogens with zero attached hydrogens (tertiary/aromatic N) is 4. The molecule has 1 unspecified atom stereocenters.